The first kappa shape index (κ1) is 10.6. The highest BCUT2D eigenvalue weighted by Crippen LogP contribution is 2.05. The van der Waals surface area contributed by atoms with E-state index in [0.29, 0.717) is 0 Å². The van der Waals surface area contributed by atoms with Gasteiger partial charge in [0.25, 0.3) is 0 Å². The van der Waals surface area contributed by atoms with Crippen LogP contribution in [0.3, 0.4) is 0 Å². The molecule has 0 fully saturated rings. The van der Waals surface area contributed by atoms with Crippen molar-refractivity contribution in [2.24, 2.45) is 5.73 Å². The van der Waals surface area contributed by atoms with Crippen molar-refractivity contribution < 1.29 is 0 Å². The normalized spacial score (nSPS) is 10.5. The van der Waals surface area contributed by atoms with E-state index in [1.54, 1.807) is 0 Å². The number of benzene rings is 1. The Kier molecular flexibility index (Phi) is 3.34. The van der Waals surface area contributed by atoms with Crippen LogP contribution in [-0.2, 0) is 0 Å². The van der Waals surface area contributed by atoms with Crippen molar-refractivity contribution in [2.75, 3.05) is 0 Å². The molecule has 0 unspecified atom stereocenters. The molecule has 0 aliphatic heterocycles. The second kappa shape index (κ2) is 4.12. The van der Waals surface area contributed by atoms with Gasteiger partial charge in [-0.25, -0.2) is 0 Å². The van der Waals surface area contributed by atoms with Gasteiger partial charge in [-0.2, -0.15) is 0 Å². The largest absolute Gasteiger partial charge is 0.316 e. The fourth-order valence-corrected chi connectivity index (χ4v) is 1.13. The third-order valence-corrected chi connectivity index (χ3v) is 2.09. The molecule has 0 saturated carbocycles. The summed E-state index contributed by atoms with van der Waals surface area (Å²) in [7, 11) is 0. The molecule has 1 aromatic rings. The summed E-state index contributed by atoms with van der Waals surface area (Å²) in [5.41, 5.74) is 6.34. The number of hydrogen-bond acceptors (Lipinski definition) is 1. The van der Waals surface area contributed by atoms with Crippen molar-refractivity contribution in [3.8, 4) is 11.8 Å². The highest BCUT2D eigenvalue weighted by Gasteiger charge is 2.03. The van der Waals surface area contributed by atoms with E-state index in [-0.39, 0.29) is 0 Å². The first-order chi connectivity index (χ1) is 5.97. The molecule has 0 spiro atoms. The predicted molar refractivity (Wildman–Crippen MR) is 64.3 cm³/mol. The van der Waals surface area contributed by atoms with Gasteiger partial charge in [-0.3, -0.25) is 0 Å². The van der Waals surface area contributed by atoms with E-state index in [1.165, 1.54) is 3.57 Å². The van der Waals surface area contributed by atoms with Crippen molar-refractivity contribution in [3.63, 3.8) is 0 Å². The smallest absolute Gasteiger partial charge is 0.0722 e. The van der Waals surface area contributed by atoms with E-state index in [9.17, 15) is 0 Å². The van der Waals surface area contributed by atoms with Crippen molar-refractivity contribution >= 4 is 22.6 Å². The van der Waals surface area contributed by atoms with Gasteiger partial charge in [-0.15, -0.1) is 0 Å². The summed E-state index contributed by atoms with van der Waals surface area (Å²) in [6.45, 7) is 3.79. The Hall–Kier alpha value is -0.530. The van der Waals surface area contributed by atoms with Gasteiger partial charge in [0.05, 0.1) is 5.54 Å². The maximum absolute atomic E-state index is 5.74. The van der Waals surface area contributed by atoms with Crippen LogP contribution < -0.4 is 5.73 Å². The summed E-state index contributed by atoms with van der Waals surface area (Å²) in [4.78, 5) is 0. The van der Waals surface area contributed by atoms with Crippen molar-refractivity contribution in [3.05, 3.63) is 33.4 Å². The van der Waals surface area contributed by atoms with Crippen molar-refractivity contribution in [1.29, 1.82) is 0 Å². The van der Waals surface area contributed by atoms with E-state index in [2.05, 4.69) is 34.4 Å². The van der Waals surface area contributed by atoms with Gasteiger partial charge in [0, 0.05) is 9.13 Å². The summed E-state index contributed by atoms with van der Waals surface area (Å²) < 4.78 is 1.22. The molecule has 1 nitrogen and oxygen atoms in total. The molecule has 2 heteroatoms. The molecular weight excluding hydrogens is 273 g/mol. The Labute approximate surface area is 92.9 Å². The minimum absolute atomic E-state index is 0.414. The molecule has 0 aliphatic rings. The Morgan fingerprint density at radius 3 is 2.23 bits per heavy atom. The highest BCUT2D eigenvalue weighted by atomic mass is 127. The quantitative estimate of drug-likeness (QED) is 0.575. The summed E-state index contributed by atoms with van der Waals surface area (Å²) in [5.74, 6) is 6.02. The standard InChI is InChI=1S/C11H12IN/c1-11(2,13)8-7-9-3-5-10(12)6-4-9/h3-6H,13H2,1-2H3. The summed E-state index contributed by atoms with van der Waals surface area (Å²) in [6.07, 6.45) is 0. The lowest BCUT2D eigenvalue weighted by atomic mass is 10.1. The van der Waals surface area contributed by atoms with Gasteiger partial charge in [-0.05, 0) is 60.7 Å². The molecule has 0 heterocycles. The maximum Gasteiger partial charge on any atom is 0.0722 e. The molecule has 1 aromatic carbocycles. The fraction of sp³-hybridized carbons (Fsp3) is 0.273. The lowest BCUT2D eigenvalue weighted by Crippen LogP contribution is -2.29. The molecule has 0 aromatic heterocycles. The zero-order valence-corrected chi connectivity index (χ0v) is 9.92. The number of nitrogens with two attached hydrogens (primary N) is 1. The molecule has 0 radical (unpaired) electrons. The molecule has 0 bridgehead atoms. The van der Waals surface area contributed by atoms with Crippen LogP contribution in [0, 0.1) is 15.4 Å². The van der Waals surface area contributed by atoms with Crippen LogP contribution in [0.5, 0.6) is 0 Å². The third kappa shape index (κ3) is 4.30. The van der Waals surface area contributed by atoms with Crippen LogP contribution in [-0.4, -0.2) is 5.54 Å². The second-order valence-corrected chi connectivity index (χ2v) is 4.72. The number of rotatable bonds is 0. The van der Waals surface area contributed by atoms with Crippen LogP contribution in [0.1, 0.15) is 19.4 Å². The fourth-order valence-electron chi connectivity index (χ4n) is 0.766. The Morgan fingerprint density at radius 2 is 1.77 bits per heavy atom. The van der Waals surface area contributed by atoms with Gasteiger partial charge in [0.1, 0.15) is 0 Å². The van der Waals surface area contributed by atoms with E-state index in [1.807, 2.05) is 38.1 Å². The average molecular weight is 285 g/mol. The SMILES string of the molecule is CC(C)(N)C#Cc1ccc(I)cc1. The monoisotopic (exact) mass is 285 g/mol. The van der Waals surface area contributed by atoms with Crippen LogP contribution in [0.25, 0.3) is 0 Å². The molecule has 68 valence electrons. The zero-order valence-electron chi connectivity index (χ0n) is 7.76. The first-order valence-electron chi connectivity index (χ1n) is 4.05. The molecular formula is C11H12IN. The van der Waals surface area contributed by atoms with Crippen LogP contribution in [0.15, 0.2) is 24.3 Å². The van der Waals surface area contributed by atoms with E-state index in [0.717, 1.165) is 5.56 Å². The third-order valence-electron chi connectivity index (χ3n) is 1.37. The minimum atomic E-state index is -0.414. The summed E-state index contributed by atoms with van der Waals surface area (Å²) >= 11 is 2.27. The van der Waals surface area contributed by atoms with E-state index < -0.39 is 5.54 Å². The summed E-state index contributed by atoms with van der Waals surface area (Å²) in [6, 6.07) is 8.07. The number of hydrogen-bond donors (Lipinski definition) is 1. The molecule has 13 heavy (non-hydrogen) atoms. The van der Waals surface area contributed by atoms with Gasteiger partial charge < -0.3 is 5.73 Å². The molecule has 0 amide bonds. The predicted octanol–water partition coefficient (Wildman–Crippen LogP) is 2.38. The molecule has 0 saturated heterocycles. The molecule has 2 N–H and O–H groups in total. The van der Waals surface area contributed by atoms with Crippen molar-refractivity contribution in [1.82, 2.24) is 0 Å². The van der Waals surface area contributed by atoms with Gasteiger partial charge in [0.15, 0.2) is 0 Å². The molecule has 0 atom stereocenters. The van der Waals surface area contributed by atoms with E-state index in [4.69, 9.17) is 5.73 Å². The molecule has 1 rings (SSSR count). The topological polar surface area (TPSA) is 26.0 Å². The molecule has 0 aliphatic carbocycles. The average Bonchev–Trinajstić information content (AvgIpc) is 2.02. The minimum Gasteiger partial charge on any atom is -0.316 e. The van der Waals surface area contributed by atoms with Crippen molar-refractivity contribution in [2.45, 2.75) is 19.4 Å². The van der Waals surface area contributed by atoms with E-state index >= 15 is 0 Å². The zero-order chi connectivity index (χ0) is 9.90. The lowest BCUT2D eigenvalue weighted by molar-refractivity contribution is 0.680. The van der Waals surface area contributed by atoms with Gasteiger partial charge in [-0.1, -0.05) is 11.8 Å². The summed E-state index contributed by atoms with van der Waals surface area (Å²) in [5, 5.41) is 0. The lowest BCUT2D eigenvalue weighted by Gasteiger charge is -2.07. The van der Waals surface area contributed by atoms with Gasteiger partial charge >= 0.3 is 0 Å². The maximum atomic E-state index is 5.74. The highest BCUT2D eigenvalue weighted by molar-refractivity contribution is 14.1. The Morgan fingerprint density at radius 1 is 1.23 bits per heavy atom. The Balaban J connectivity index is 2.85. The van der Waals surface area contributed by atoms with Crippen LogP contribution in [0.2, 0.25) is 0 Å². The number of halogens is 1. The van der Waals surface area contributed by atoms with Crippen LogP contribution in [0.4, 0.5) is 0 Å². The first-order valence-corrected chi connectivity index (χ1v) is 5.13. The second-order valence-electron chi connectivity index (χ2n) is 3.48. The van der Waals surface area contributed by atoms with Gasteiger partial charge in [0.2, 0.25) is 0 Å². The Bertz CT molecular complexity index is 335. The van der Waals surface area contributed by atoms with Crippen LogP contribution >= 0.6 is 22.6 Å².